The van der Waals surface area contributed by atoms with Gasteiger partial charge < -0.3 is 9.32 Å². The molecule has 0 amide bonds. The minimum atomic E-state index is -0.477. The molecule has 0 bridgehead atoms. The maximum Gasteiger partial charge on any atom is 0.166 e. The number of aromatic nitrogens is 6. The minimum absolute atomic E-state index is 0.0965. The topological polar surface area (TPSA) is 93.7 Å². The van der Waals surface area contributed by atoms with Crippen LogP contribution in [0.15, 0.2) is 193 Å². The van der Waals surface area contributed by atoms with E-state index in [0.717, 1.165) is 78.7 Å². The first-order chi connectivity index (χ1) is 31.5. The molecule has 3 unspecified atom stereocenters. The van der Waals surface area contributed by atoms with Crippen molar-refractivity contribution in [3.05, 3.63) is 200 Å². The third-order valence-corrected chi connectivity index (χ3v) is 12.7. The van der Waals surface area contributed by atoms with Crippen LogP contribution in [-0.2, 0) is 5.41 Å². The van der Waals surface area contributed by atoms with Gasteiger partial charge in [0.25, 0.3) is 0 Å². The maximum absolute atomic E-state index is 6.89. The second-order valence-electron chi connectivity index (χ2n) is 17.0. The summed E-state index contributed by atoms with van der Waals surface area (Å²) in [6.45, 7) is 4.53. The Morgan fingerprint density at radius 2 is 1.11 bits per heavy atom. The van der Waals surface area contributed by atoms with Gasteiger partial charge in [-0.15, -0.1) is 0 Å². The second-order valence-corrected chi connectivity index (χ2v) is 17.0. The minimum Gasteiger partial charge on any atom is -0.456 e. The van der Waals surface area contributed by atoms with Crippen molar-refractivity contribution in [2.24, 2.45) is 5.92 Å². The predicted octanol–water partition coefficient (Wildman–Crippen LogP) is 13.2. The molecule has 12 rings (SSSR count). The molecule has 8 heteroatoms. The van der Waals surface area contributed by atoms with Gasteiger partial charge in [0, 0.05) is 60.8 Å². The van der Waals surface area contributed by atoms with E-state index in [2.05, 4.69) is 104 Å². The van der Waals surface area contributed by atoms with Crippen LogP contribution in [0.3, 0.4) is 0 Å². The number of nitrogens with zero attached hydrogens (tertiary/aromatic N) is 7. The third kappa shape index (κ3) is 6.29. The number of hydrogen-bond acceptors (Lipinski definition) is 8. The van der Waals surface area contributed by atoms with Crippen molar-refractivity contribution in [3.63, 3.8) is 0 Å². The van der Waals surface area contributed by atoms with Gasteiger partial charge >= 0.3 is 0 Å². The van der Waals surface area contributed by atoms with Crippen molar-refractivity contribution in [2.45, 2.75) is 31.7 Å². The first-order valence-electron chi connectivity index (χ1n) is 21.8. The lowest BCUT2D eigenvalue weighted by Crippen LogP contribution is -2.39. The molecular formula is C56H41N7O. The highest BCUT2D eigenvalue weighted by Crippen LogP contribution is 2.58. The number of furan rings is 1. The van der Waals surface area contributed by atoms with Crippen LogP contribution < -0.4 is 4.90 Å². The Hall–Kier alpha value is -8.10. The molecule has 64 heavy (non-hydrogen) atoms. The van der Waals surface area contributed by atoms with Crippen LogP contribution in [0.1, 0.15) is 31.7 Å². The standard InChI is InChI=1S/C56H41N7O/c1-35-25-27-39(28-26-35)53-57-50(36-16-6-3-7-17-36)58-54(60-53)40-29-31-41(32-30-40)63-46-24-14-15-33-56(46,2)47-48(63)44(34-43-42-22-12-13-23-45(42)64-49(43)47)55-61-51(37-18-8-4-9-19-37)59-52(62-55)38-20-10-5-11-21-38/h3-25,27-35,46H,26H2,1-2H3. The Bertz CT molecular complexity index is 3330. The molecule has 0 saturated carbocycles. The number of allylic oxidation sites excluding steroid dienone is 6. The summed E-state index contributed by atoms with van der Waals surface area (Å²) >= 11 is 0. The van der Waals surface area contributed by atoms with Gasteiger partial charge in [0.05, 0.1) is 11.7 Å². The average molecular weight is 828 g/mol. The quantitative estimate of drug-likeness (QED) is 0.157. The number of anilines is 2. The molecule has 3 atom stereocenters. The van der Waals surface area contributed by atoms with Crippen LogP contribution in [-0.4, -0.2) is 35.9 Å². The van der Waals surface area contributed by atoms with Crippen molar-refractivity contribution in [1.29, 1.82) is 0 Å². The Morgan fingerprint density at radius 1 is 0.562 bits per heavy atom. The summed E-state index contributed by atoms with van der Waals surface area (Å²) in [6.07, 6.45) is 16.4. The van der Waals surface area contributed by atoms with Gasteiger partial charge in [0.1, 0.15) is 11.2 Å². The third-order valence-electron chi connectivity index (χ3n) is 12.7. The lowest BCUT2D eigenvalue weighted by atomic mass is 9.75. The summed E-state index contributed by atoms with van der Waals surface area (Å²) in [6, 6.07) is 49.4. The lowest BCUT2D eigenvalue weighted by Gasteiger charge is -2.34. The fourth-order valence-electron chi connectivity index (χ4n) is 9.45. The molecule has 0 saturated heterocycles. The number of benzene rings is 6. The molecule has 3 aromatic heterocycles. The van der Waals surface area contributed by atoms with Crippen LogP contribution in [0.25, 0.3) is 84.5 Å². The molecule has 0 N–H and O–H groups in total. The van der Waals surface area contributed by atoms with E-state index < -0.39 is 5.41 Å². The first kappa shape index (κ1) is 37.6. The Morgan fingerprint density at radius 3 is 1.70 bits per heavy atom. The van der Waals surface area contributed by atoms with Crippen LogP contribution in [0, 0.1) is 5.92 Å². The monoisotopic (exact) mass is 827 g/mol. The van der Waals surface area contributed by atoms with Crippen molar-refractivity contribution in [2.75, 3.05) is 4.90 Å². The summed E-state index contributed by atoms with van der Waals surface area (Å²) < 4.78 is 6.89. The molecule has 4 heterocycles. The number of rotatable bonds is 7. The highest BCUT2D eigenvalue weighted by molar-refractivity contribution is 6.12. The lowest BCUT2D eigenvalue weighted by molar-refractivity contribution is 0.543. The van der Waals surface area contributed by atoms with E-state index in [-0.39, 0.29) is 6.04 Å². The van der Waals surface area contributed by atoms with E-state index in [4.69, 9.17) is 34.3 Å². The summed E-state index contributed by atoms with van der Waals surface area (Å²) in [5.74, 6) is 4.19. The summed E-state index contributed by atoms with van der Waals surface area (Å²) in [5.41, 5.74) is 9.86. The zero-order valence-electron chi connectivity index (χ0n) is 35.3. The van der Waals surface area contributed by atoms with Gasteiger partial charge in [-0.2, -0.15) is 0 Å². The van der Waals surface area contributed by atoms with Gasteiger partial charge in [0.15, 0.2) is 34.9 Å². The van der Waals surface area contributed by atoms with E-state index in [0.29, 0.717) is 40.9 Å². The van der Waals surface area contributed by atoms with Crippen LogP contribution in [0.4, 0.5) is 11.4 Å². The maximum atomic E-state index is 6.89. The number of para-hydroxylation sites is 1. The van der Waals surface area contributed by atoms with Gasteiger partial charge in [0.2, 0.25) is 0 Å². The van der Waals surface area contributed by atoms with E-state index >= 15 is 0 Å². The smallest absolute Gasteiger partial charge is 0.166 e. The van der Waals surface area contributed by atoms with E-state index in [1.807, 2.05) is 103 Å². The molecule has 6 aromatic carbocycles. The SMILES string of the molecule is CC1C=CC(c2nc(-c3ccccc3)nc(-c3ccc(N4c5c(-c6nc(-c7ccccc7)nc(-c7ccccc7)n6)cc6c(oc7ccccc76)c5C5(C)C=CC=CC45)cc3)n2)=CC1. The van der Waals surface area contributed by atoms with Crippen LogP contribution >= 0.6 is 0 Å². The van der Waals surface area contributed by atoms with E-state index in [1.54, 1.807) is 0 Å². The van der Waals surface area contributed by atoms with Crippen LogP contribution in [0.5, 0.6) is 0 Å². The largest absolute Gasteiger partial charge is 0.456 e. The Balaban J connectivity index is 1.07. The van der Waals surface area contributed by atoms with Crippen molar-refractivity contribution in [1.82, 2.24) is 29.9 Å². The predicted molar refractivity (Wildman–Crippen MR) is 257 cm³/mol. The Labute approximate surface area is 370 Å². The zero-order valence-corrected chi connectivity index (χ0v) is 35.3. The first-order valence-corrected chi connectivity index (χ1v) is 21.8. The second kappa shape index (κ2) is 15.1. The molecule has 0 fully saturated rings. The zero-order chi connectivity index (χ0) is 42.8. The van der Waals surface area contributed by atoms with Crippen molar-refractivity contribution in [3.8, 4) is 56.9 Å². The molecule has 1 aliphatic heterocycles. The Kier molecular flexibility index (Phi) is 8.86. The highest BCUT2D eigenvalue weighted by atomic mass is 16.3. The van der Waals surface area contributed by atoms with Gasteiger partial charge in [-0.1, -0.05) is 159 Å². The highest BCUT2D eigenvalue weighted by Gasteiger charge is 2.50. The van der Waals surface area contributed by atoms with Crippen molar-refractivity contribution < 1.29 is 4.42 Å². The molecule has 0 radical (unpaired) electrons. The van der Waals surface area contributed by atoms with Crippen LogP contribution in [0.2, 0.25) is 0 Å². The number of hydrogen-bond donors (Lipinski definition) is 0. The summed E-state index contributed by atoms with van der Waals surface area (Å²) in [7, 11) is 0. The molecule has 0 spiro atoms. The fourth-order valence-corrected chi connectivity index (χ4v) is 9.45. The summed E-state index contributed by atoms with van der Waals surface area (Å²) in [4.78, 5) is 33.2. The molecule has 2 aliphatic carbocycles. The average Bonchev–Trinajstić information content (AvgIpc) is 3.87. The van der Waals surface area contributed by atoms with E-state index in [9.17, 15) is 0 Å². The molecule has 9 aromatic rings. The van der Waals surface area contributed by atoms with Gasteiger partial charge in [-0.25, -0.2) is 29.9 Å². The summed E-state index contributed by atoms with van der Waals surface area (Å²) in [5, 5.41) is 2.06. The molecule has 8 nitrogen and oxygen atoms in total. The number of fused-ring (bicyclic) bond motifs is 7. The normalized spacial score (nSPS) is 18.7. The molecule has 306 valence electrons. The molecule has 3 aliphatic rings. The van der Waals surface area contributed by atoms with E-state index in [1.165, 1.54) is 0 Å². The van der Waals surface area contributed by atoms with Crippen molar-refractivity contribution >= 4 is 38.9 Å². The van der Waals surface area contributed by atoms with Gasteiger partial charge in [-0.3, -0.25) is 0 Å². The fraction of sp³-hybridized carbons (Fsp3) is 0.107. The molecular weight excluding hydrogens is 787 g/mol. The van der Waals surface area contributed by atoms with Gasteiger partial charge in [-0.05, 0) is 55.7 Å².